The molecular weight excluding hydrogens is 237 g/mol. The van der Waals surface area contributed by atoms with E-state index in [0.29, 0.717) is 12.8 Å². The molecule has 18 heavy (non-hydrogen) atoms. The van der Waals surface area contributed by atoms with Crippen LogP contribution >= 0.6 is 0 Å². The Hall–Kier alpha value is -0.210. The summed E-state index contributed by atoms with van der Waals surface area (Å²) in [6.45, 7) is 12.8. The third-order valence-corrected chi connectivity index (χ3v) is 4.57. The summed E-state index contributed by atoms with van der Waals surface area (Å²) in [5.41, 5.74) is -1.58. The van der Waals surface area contributed by atoms with E-state index in [1.165, 1.54) is 6.92 Å². The van der Waals surface area contributed by atoms with Crippen molar-refractivity contribution in [1.82, 2.24) is 0 Å². The van der Waals surface area contributed by atoms with Gasteiger partial charge >= 0.3 is 6.18 Å². The first-order valence-electron chi connectivity index (χ1n) is 7.10. The molecule has 0 aromatic carbocycles. The Morgan fingerprint density at radius 3 is 1.33 bits per heavy atom. The second-order valence-electron chi connectivity index (χ2n) is 6.31. The van der Waals surface area contributed by atoms with Gasteiger partial charge in [-0.3, -0.25) is 0 Å². The van der Waals surface area contributed by atoms with Crippen molar-refractivity contribution in [3.8, 4) is 0 Å². The molecule has 0 radical (unpaired) electrons. The van der Waals surface area contributed by atoms with Crippen LogP contribution in [0.15, 0.2) is 0 Å². The normalized spacial score (nSPS) is 17.0. The van der Waals surface area contributed by atoms with Crippen molar-refractivity contribution in [3.63, 3.8) is 0 Å². The van der Waals surface area contributed by atoms with Crippen LogP contribution in [0.4, 0.5) is 13.2 Å². The van der Waals surface area contributed by atoms with Gasteiger partial charge in [0.05, 0.1) is 5.41 Å². The van der Waals surface area contributed by atoms with Crippen molar-refractivity contribution in [1.29, 1.82) is 0 Å². The zero-order chi connectivity index (χ0) is 14.7. The standard InChI is InChI=1S/C15H29F3/c1-8-12(9-2)14(7,15(16,17)18)13(10(3)4)11(5)6/h10-13H,8-9H2,1-7H3/t14-/m1/s1. The molecule has 3 heteroatoms. The molecule has 0 aromatic rings. The molecule has 0 saturated carbocycles. The fourth-order valence-electron chi connectivity index (χ4n) is 3.98. The van der Waals surface area contributed by atoms with E-state index in [0.717, 1.165) is 0 Å². The van der Waals surface area contributed by atoms with Crippen molar-refractivity contribution in [3.05, 3.63) is 0 Å². The average Bonchev–Trinajstić information content (AvgIpc) is 2.16. The fraction of sp³-hybridized carbons (Fsp3) is 1.00. The Morgan fingerprint density at radius 1 is 0.833 bits per heavy atom. The minimum atomic E-state index is -4.14. The summed E-state index contributed by atoms with van der Waals surface area (Å²) in [7, 11) is 0. The topological polar surface area (TPSA) is 0 Å². The zero-order valence-corrected chi connectivity index (χ0v) is 12.9. The van der Waals surface area contributed by atoms with Crippen molar-refractivity contribution < 1.29 is 13.2 Å². The first kappa shape index (κ1) is 17.8. The van der Waals surface area contributed by atoms with Crippen LogP contribution in [-0.4, -0.2) is 6.18 Å². The molecule has 0 rings (SSSR count). The number of hydrogen-bond donors (Lipinski definition) is 0. The van der Waals surface area contributed by atoms with E-state index in [9.17, 15) is 13.2 Å². The summed E-state index contributed by atoms with van der Waals surface area (Å²) in [5.74, 6) is -0.552. The highest BCUT2D eigenvalue weighted by Gasteiger charge is 2.59. The maximum absolute atomic E-state index is 13.7. The highest BCUT2D eigenvalue weighted by molar-refractivity contribution is 4.95. The second-order valence-corrected chi connectivity index (χ2v) is 6.31. The zero-order valence-electron chi connectivity index (χ0n) is 12.9. The SMILES string of the molecule is CCC(CC)[C@](C)(C(C(C)C)C(C)C)C(F)(F)F. The van der Waals surface area contributed by atoms with Gasteiger partial charge in [0.2, 0.25) is 0 Å². The van der Waals surface area contributed by atoms with Crippen LogP contribution in [0.2, 0.25) is 0 Å². The molecule has 0 aromatic heterocycles. The van der Waals surface area contributed by atoms with Gasteiger partial charge in [0.15, 0.2) is 0 Å². The maximum atomic E-state index is 13.7. The number of halogens is 3. The molecule has 0 fully saturated rings. The molecule has 0 nitrogen and oxygen atoms in total. The number of hydrogen-bond acceptors (Lipinski definition) is 0. The predicted octanol–water partition coefficient (Wildman–Crippen LogP) is 5.92. The summed E-state index contributed by atoms with van der Waals surface area (Å²) in [6, 6.07) is 0. The first-order valence-corrected chi connectivity index (χ1v) is 7.10. The molecule has 0 aliphatic rings. The fourth-order valence-corrected chi connectivity index (χ4v) is 3.98. The van der Waals surface area contributed by atoms with Gasteiger partial charge in [-0.15, -0.1) is 0 Å². The third-order valence-electron chi connectivity index (χ3n) is 4.57. The Bertz CT molecular complexity index is 231. The first-order chi connectivity index (χ1) is 8.03. The largest absolute Gasteiger partial charge is 0.394 e. The van der Waals surface area contributed by atoms with Gasteiger partial charge < -0.3 is 0 Å². The summed E-state index contributed by atoms with van der Waals surface area (Å²) < 4.78 is 41.1. The van der Waals surface area contributed by atoms with E-state index in [4.69, 9.17) is 0 Å². The molecule has 0 saturated heterocycles. The van der Waals surface area contributed by atoms with Crippen LogP contribution in [0.5, 0.6) is 0 Å². The second kappa shape index (κ2) is 6.29. The van der Waals surface area contributed by atoms with E-state index in [1.54, 1.807) is 0 Å². The van der Waals surface area contributed by atoms with E-state index >= 15 is 0 Å². The van der Waals surface area contributed by atoms with Gasteiger partial charge in [-0.05, 0) is 23.7 Å². The minimum Gasteiger partial charge on any atom is -0.170 e. The lowest BCUT2D eigenvalue weighted by molar-refractivity contribution is -0.268. The van der Waals surface area contributed by atoms with Gasteiger partial charge in [0.1, 0.15) is 0 Å². The average molecular weight is 266 g/mol. The lowest BCUT2D eigenvalue weighted by Gasteiger charge is -2.48. The predicted molar refractivity (Wildman–Crippen MR) is 71.4 cm³/mol. The van der Waals surface area contributed by atoms with E-state index in [-0.39, 0.29) is 23.7 Å². The molecule has 0 amide bonds. The highest BCUT2D eigenvalue weighted by atomic mass is 19.4. The van der Waals surface area contributed by atoms with Crippen LogP contribution in [0, 0.1) is 29.1 Å². The molecule has 0 heterocycles. The monoisotopic (exact) mass is 266 g/mol. The maximum Gasteiger partial charge on any atom is 0.394 e. The van der Waals surface area contributed by atoms with Crippen molar-refractivity contribution in [2.45, 2.75) is 67.5 Å². The quantitative estimate of drug-likeness (QED) is 0.560. The number of alkyl halides is 3. The Labute approximate surface area is 110 Å². The minimum absolute atomic E-state index is 0.0391. The Morgan fingerprint density at radius 2 is 1.17 bits per heavy atom. The Balaban J connectivity index is 5.72. The van der Waals surface area contributed by atoms with E-state index < -0.39 is 11.6 Å². The molecule has 0 unspecified atom stereocenters. The van der Waals surface area contributed by atoms with Crippen LogP contribution in [0.25, 0.3) is 0 Å². The van der Waals surface area contributed by atoms with Gasteiger partial charge in [0.25, 0.3) is 0 Å². The van der Waals surface area contributed by atoms with Crippen molar-refractivity contribution in [2.24, 2.45) is 29.1 Å². The molecule has 0 N–H and O–H groups in total. The highest BCUT2D eigenvalue weighted by Crippen LogP contribution is 2.55. The molecule has 0 bridgehead atoms. The molecule has 0 aliphatic heterocycles. The van der Waals surface area contributed by atoms with Gasteiger partial charge in [-0.2, -0.15) is 13.2 Å². The summed E-state index contributed by atoms with van der Waals surface area (Å²) in [6.07, 6.45) is -2.96. The summed E-state index contributed by atoms with van der Waals surface area (Å²) >= 11 is 0. The molecule has 0 aliphatic carbocycles. The number of rotatable bonds is 6. The van der Waals surface area contributed by atoms with Gasteiger partial charge in [-0.1, -0.05) is 61.3 Å². The third kappa shape index (κ3) is 3.21. The lowest BCUT2D eigenvalue weighted by Crippen LogP contribution is -2.51. The molecule has 110 valence electrons. The van der Waals surface area contributed by atoms with Crippen molar-refractivity contribution in [2.75, 3.05) is 0 Å². The summed E-state index contributed by atoms with van der Waals surface area (Å²) in [5, 5.41) is 0. The van der Waals surface area contributed by atoms with Crippen LogP contribution < -0.4 is 0 Å². The molecule has 1 atom stereocenters. The van der Waals surface area contributed by atoms with Crippen LogP contribution in [-0.2, 0) is 0 Å². The lowest BCUT2D eigenvalue weighted by atomic mass is 9.58. The summed E-state index contributed by atoms with van der Waals surface area (Å²) in [4.78, 5) is 0. The molecular formula is C15H29F3. The van der Waals surface area contributed by atoms with E-state index in [1.807, 2.05) is 41.5 Å². The van der Waals surface area contributed by atoms with E-state index in [2.05, 4.69) is 0 Å². The molecule has 0 spiro atoms. The van der Waals surface area contributed by atoms with Gasteiger partial charge in [0, 0.05) is 0 Å². The van der Waals surface area contributed by atoms with Crippen molar-refractivity contribution >= 4 is 0 Å². The van der Waals surface area contributed by atoms with Crippen LogP contribution in [0.3, 0.4) is 0 Å². The van der Waals surface area contributed by atoms with Gasteiger partial charge in [-0.25, -0.2) is 0 Å². The van der Waals surface area contributed by atoms with Crippen LogP contribution in [0.1, 0.15) is 61.3 Å². The Kier molecular flexibility index (Phi) is 6.22. The smallest absolute Gasteiger partial charge is 0.170 e.